The van der Waals surface area contributed by atoms with Gasteiger partial charge in [-0.1, -0.05) is 12.1 Å². The third kappa shape index (κ3) is 6.13. The normalized spacial score (nSPS) is 10.2. The van der Waals surface area contributed by atoms with Gasteiger partial charge < -0.3 is 15.4 Å². The highest BCUT2D eigenvalue weighted by atomic mass is 16.5. The zero-order valence-electron chi connectivity index (χ0n) is 12.4. The molecule has 0 aliphatic rings. The van der Waals surface area contributed by atoms with Gasteiger partial charge in [-0.3, -0.25) is 0 Å². The molecule has 0 aliphatic carbocycles. The second-order valence-electron chi connectivity index (χ2n) is 4.54. The van der Waals surface area contributed by atoms with Crippen molar-refractivity contribution in [1.29, 1.82) is 0 Å². The van der Waals surface area contributed by atoms with Crippen molar-refractivity contribution < 1.29 is 4.74 Å². The van der Waals surface area contributed by atoms with Crippen LogP contribution in [0, 0.1) is 0 Å². The third-order valence-electron chi connectivity index (χ3n) is 2.40. The largest absolute Gasteiger partial charge is 0.491 e. The summed E-state index contributed by atoms with van der Waals surface area (Å²) < 4.78 is 5.61. The molecule has 1 rings (SSSR count). The number of rotatable bonds is 6. The zero-order valence-corrected chi connectivity index (χ0v) is 12.4. The SMILES string of the molecule is CCNC(=NCc1ccc(OC(C)C)cc1)NCC. The van der Waals surface area contributed by atoms with Crippen molar-refractivity contribution in [2.45, 2.75) is 40.3 Å². The van der Waals surface area contributed by atoms with E-state index in [0.717, 1.165) is 24.8 Å². The molecule has 0 saturated heterocycles. The first-order chi connectivity index (χ1) is 9.15. The fourth-order valence-corrected chi connectivity index (χ4v) is 1.63. The molecule has 4 heteroatoms. The molecule has 0 radical (unpaired) electrons. The lowest BCUT2D eigenvalue weighted by atomic mass is 10.2. The Hall–Kier alpha value is -1.71. The van der Waals surface area contributed by atoms with Crippen LogP contribution in [-0.4, -0.2) is 25.2 Å². The minimum atomic E-state index is 0.206. The van der Waals surface area contributed by atoms with E-state index >= 15 is 0 Å². The molecule has 1 aromatic rings. The van der Waals surface area contributed by atoms with Crippen LogP contribution in [0.15, 0.2) is 29.3 Å². The van der Waals surface area contributed by atoms with E-state index in [1.165, 1.54) is 5.56 Å². The van der Waals surface area contributed by atoms with Crippen LogP contribution in [0.25, 0.3) is 0 Å². The standard InChI is InChI=1S/C15H25N3O/c1-5-16-15(17-6-2)18-11-13-7-9-14(10-8-13)19-12(3)4/h7-10,12H,5-6,11H2,1-4H3,(H2,16,17,18). The number of hydrogen-bond acceptors (Lipinski definition) is 2. The van der Waals surface area contributed by atoms with Crippen molar-refractivity contribution in [1.82, 2.24) is 10.6 Å². The van der Waals surface area contributed by atoms with Crippen LogP contribution in [0.5, 0.6) is 5.75 Å². The Kier molecular flexibility index (Phi) is 6.79. The van der Waals surface area contributed by atoms with Gasteiger partial charge >= 0.3 is 0 Å². The lowest BCUT2D eigenvalue weighted by Gasteiger charge is -2.10. The van der Waals surface area contributed by atoms with Crippen molar-refractivity contribution in [2.75, 3.05) is 13.1 Å². The number of aliphatic imine (C=N–C) groups is 1. The summed E-state index contributed by atoms with van der Waals surface area (Å²) in [7, 11) is 0. The minimum absolute atomic E-state index is 0.206. The summed E-state index contributed by atoms with van der Waals surface area (Å²) in [4.78, 5) is 4.52. The van der Waals surface area contributed by atoms with Gasteiger partial charge in [0.1, 0.15) is 5.75 Å². The van der Waals surface area contributed by atoms with Crippen molar-refractivity contribution in [2.24, 2.45) is 4.99 Å². The lowest BCUT2D eigenvalue weighted by Crippen LogP contribution is -2.36. The van der Waals surface area contributed by atoms with E-state index < -0.39 is 0 Å². The number of hydrogen-bond donors (Lipinski definition) is 2. The van der Waals surface area contributed by atoms with Gasteiger partial charge in [0.2, 0.25) is 0 Å². The summed E-state index contributed by atoms with van der Waals surface area (Å²) in [6.45, 7) is 10.6. The molecule has 0 heterocycles. The zero-order chi connectivity index (χ0) is 14.1. The van der Waals surface area contributed by atoms with E-state index in [-0.39, 0.29) is 6.10 Å². The molecule has 0 spiro atoms. The first-order valence-electron chi connectivity index (χ1n) is 6.93. The summed E-state index contributed by atoms with van der Waals surface area (Å²) in [5.74, 6) is 1.76. The van der Waals surface area contributed by atoms with Gasteiger partial charge in [0.15, 0.2) is 5.96 Å². The van der Waals surface area contributed by atoms with Gasteiger partial charge in [-0.15, -0.1) is 0 Å². The lowest BCUT2D eigenvalue weighted by molar-refractivity contribution is 0.242. The molecular weight excluding hydrogens is 238 g/mol. The summed E-state index contributed by atoms with van der Waals surface area (Å²) in [6, 6.07) is 8.09. The Labute approximate surface area is 116 Å². The Morgan fingerprint density at radius 2 is 1.68 bits per heavy atom. The maximum absolute atomic E-state index is 5.61. The van der Waals surface area contributed by atoms with E-state index in [4.69, 9.17) is 4.74 Å². The molecule has 0 fully saturated rings. The molecule has 2 N–H and O–H groups in total. The molecule has 106 valence electrons. The first kappa shape index (κ1) is 15.3. The Morgan fingerprint density at radius 3 is 2.16 bits per heavy atom. The van der Waals surface area contributed by atoms with E-state index in [9.17, 15) is 0 Å². The average Bonchev–Trinajstić information content (AvgIpc) is 2.37. The second kappa shape index (κ2) is 8.40. The highest BCUT2D eigenvalue weighted by Gasteiger charge is 1.99. The van der Waals surface area contributed by atoms with E-state index in [1.54, 1.807) is 0 Å². The Bertz CT molecular complexity index is 377. The number of ether oxygens (including phenoxy) is 1. The fourth-order valence-electron chi connectivity index (χ4n) is 1.63. The summed E-state index contributed by atoms with van der Waals surface area (Å²) in [5, 5.41) is 6.41. The Morgan fingerprint density at radius 1 is 1.11 bits per heavy atom. The average molecular weight is 263 g/mol. The van der Waals surface area contributed by atoms with E-state index in [1.807, 2.05) is 26.0 Å². The highest BCUT2D eigenvalue weighted by Crippen LogP contribution is 2.14. The number of guanidine groups is 1. The first-order valence-corrected chi connectivity index (χ1v) is 6.93. The monoisotopic (exact) mass is 263 g/mol. The smallest absolute Gasteiger partial charge is 0.191 e. The van der Waals surface area contributed by atoms with Crippen LogP contribution in [-0.2, 0) is 6.54 Å². The predicted octanol–water partition coefficient (Wildman–Crippen LogP) is 2.55. The Balaban J connectivity index is 2.58. The molecule has 4 nitrogen and oxygen atoms in total. The number of nitrogens with zero attached hydrogens (tertiary/aromatic N) is 1. The van der Waals surface area contributed by atoms with Gasteiger partial charge in [0, 0.05) is 13.1 Å². The molecule has 0 amide bonds. The molecule has 0 atom stereocenters. The number of benzene rings is 1. The highest BCUT2D eigenvalue weighted by molar-refractivity contribution is 5.79. The van der Waals surface area contributed by atoms with Gasteiger partial charge in [-0.2, -0.15) is 0 Å². The van der Waals surface area contributed by atoms with E-state index in [2.05, 4.69) is 41.6 Å². The molecule has 0 aromatic heterocycles. The van der Waals surface area contributed by atoms with E-state index in [0.29, 0.717) is 6.54 Å². The topological polar surface area (TPSA) is 45.7 Å². The number of nitrogens with one attached hydrogen (secondary N) is 2. The third-order valence-corrected chi connectivity index (χ3v) is 2.40. The fraction of sp³-hybridized carbons (Fsp3) is 0.533. The van der Waals surface area contributed by atoms with Gasteiger partial charge in [0.05, 0.1) is 12.6 Å². The molecule has 0 bridgehead atoms. The summed E-state index contributed by atoms with van der Waals surface area (Å²) in [5.41, 5.74) is 1.17. The van der Waals surface area contributed by atoms with Crippen LogP contribution < -0.4 is 15.4 Å². The van der Waals surface area contributed by atoms with Gasteiger partial charge in [-0.25, -0.2) is 4.99 Å². The second-order valence-corrected chi connectivity index (χ2v) is 4.54. The van der Waals surface area contributed by atoms with Gasteiger partial charge in [-0.05, 0) is 45.4 Å². The minimum Gasteiger partial charge on any atom is -0.491 e. The van der Waals surface area contributed by atoms with Crippen LogP contribution in [0.2, 0.25) is 0 Å². The van der Waals surface area contributed by atoms with Crippen molar-refractivity contribution in [3.8, 4) is 5.75 Å². The molecule has 0 unspecified atom stereocenters. The molecule has 19 heavy (non-hydrogen) atoms. The molecule has 1 aromatic carbocycles. The maximum Gasteiger partial charge on any atom is 0.191 e. The summed E-state index contributed by atoms with van der Waals surface area (Å²) >= 11 is 0. The molecular formula is C15H25N3O. The maximum atomic E-state index is 5.61. The van der Waals surface area contributed by atoms with Crippen LogP contribution >= 0.6 is 0 Å². The van der Waals surface area contributed by atoms with Crippen molar-refractivity contribution in [3.63, 3.8) is 0 Å². The predicted molar refractivity (Wildman–Crippen MR) is 80.7 cm³/mol. The molecule has 0 saturated carbocycles. The summed E-state index contributed by atoms with van der Waals surface area (Å²) in [6.07, 6.45) is 0.206. The quantitative estimate of drug-likeness (QED) is 0.612. The van der Waals surface area contributed by atoms with Crippen LogP contribution in [0.3, 0.4) is 0 Å². The van der Waals surface area contributed by atoms with Gasteiger partial charge in [0.25, 0.3) is 0 Å². The van der Waals surface area contributed by atoms with Crippen molar-refractivity contribution in [3.05, 3.63) is 29.8 Å². The molecule has 0 aliphatic heterocycles. The van der Waals surface area contributed by atoms with Crippen molar-refractivity contribution >= 4 is 5.96 Å². The van der Waals surface area contributed by atoms with Crippen LogP contribution in [0.1, 0.15) is 33.3 Å². The van der Waals surface area contributed by atoms with Crippen LogP contribution in [0.4, 0.5) is 0 Å².